The van der Waals surface area contributed by atoms with Gasteiger partial charge in [-0.3, -0.25) is 19.3 Å². The van der Waals surface area contributed by atoms with Crippen molar-refractivity contribution in [2.45, 2.75) is 89.1 Å². The van der Waals surface area contributed by atoms with Crippen molar-refractivity contribution in [1.29, 1.82) is 0 Å². The fourth-order valence-corrected chi connectivity index (χ4v) is 7.95. The maximum absolute atomic E-state index is 14.3. The maximum atomic E-state index is 14.3. The lowest BCUT2D eigenvalue weighted by atomic mass is 9.74. The first kappa shape index (κ1) is 26.5. The van der Waals surface area contributed by atoms with Gasteiger partial charge in [-0.05, 0) is 69.3 Å². The summed E-state index contributed by atoms with van der Waals surface area (Å²) in [5.41, 5.74) is 0.629. The number of carbonyl (C=O) groups excluding carboxylic acids is 3. The zero-order chi connectivity index (χ0) is 27.3. The van der Waals surface area contributed by atoms with E-state index in [0.29, 0.717) is 18.2 Å². The number of fused-ring (bicyclic) bond motifs is 1. The molecule has 1 aromatic rings. The summed E-state index contributed by atoms with van der Waals surface area (Å²) in [5.74, 6) is -1.50. The van der Waals surface area contributed by atoms with E-state index >= 15 is 0 Å². The highest BCUT2D eigenvalue weighted by atomic mass is 16.5. The normalized spacial score (nSPS) is 37.4. The molecular formula is C31H42N4O4. The van der Waals surface area contributed by atoms with E-state index in [4.69, 9.17) is 4.74 Å². The largest absolute Gasteiger partial charge is 0.359 e. The number of likely N-dealkylation sites (N-methyl/N-ethyl adjacent to an activating group) is 1. The summed E-state index contributed by atoms with van der Waals surface area (Å²) < 4.78 is 6.54. The highest BCUT2D eigenvalue weighted by Gasteiger charge is 2.73. The number of anilines is 1. The number of aryl methyl sites for hydroxylation is 1. The molecule has 4 fully saturated rings. The second-order valence-corrected chi connectivity index (χ2v) is 12.4. The van der Waals surface area contributed by atoms with E-state index < -0.39 is 29.6 Å². The maximum Gasteiger partial charge on any atom is 0.246 e. The predicted octanol–water partition coefficient (Wildman–Crippen LogP) is 3.26. The Morgan fingerprint density at radius 1 is 1.13 bits per heavy atom. The number of likely N-dealkylation sites (tertiary alicyclic amines) is 2. The minimum absolute atomic E-state index is 0.0975. The van der Waals surface area contributed by atoms with Gasteiger partial charge in [0.1, 0.15) is 11.6 Å². The van der Waals surface area contributed by atoms with Crippen LogP contribution in [0.2, 0.25) is 0 Å². The monoisotopic (exact) mass is 534 g/mol. The van der Waals surface area contributed by atoms with Crippen molar-refractivity contribution in [3.05, 3.63) is 42.0 Å². The number of ether oxygens (including phenoxy) is 1. The summed E-state index contributed by atoms with van der Waals surface area (Å²) in [7, 11) is 0. The molecular weight excluding hydrogens is 492 g/mol. The molecule has 1 aliphatic carbocycles. The molecule has 6 rings (SSSR count). The lowest BCUT2D eigenvalue weighted by Gasteiger charge is -2.37. The van der Waals surface area contributed by atoms with Crippen LogP contribution in [0.5, 0.6) is 0 Å². The Bertz CT molecular complexity index is 1170. The summed E-state index contributed by atoms with van der Waals surface area (Å²) in [6.45, 7) is 8.73. The van der Waals surface area contributed by atoms with E-state index in [9.17, 15) is 14.4 Å². The van der Waals surface area contributed by atoms with Gasteiger partial charge in [-0.15, -0.1) is 0 Å². The molecule has 0 unspecified atom stereocenters. The standard InChI is InChI=1S/C31H42N4O4/c1-4-34-16-8-12-22(34)18-35-27(29(37)33-23-13-6-5-10-20(23)3)31-15-14-24(39-31)25(26(31)30(35)38)28(36)32-21-11-7-9-19(2)17-21/h7,9,11,14-15,17,20,22-27H,4-6,8,10,12-13,16,18H2,1-3H3,(H,32,36)(H,33,37)/t20-,22-,23+,24-,25-,26-,27+,31+/m1/s1. The van der Waals surface area contributed by atoms with Crippen LogP contribution in [0.25, 0.3) is 0 Å². The summed E-state index contributed by atoms with van der Waals surface area (Å²) in [4.78, 5) is 46.3. The Morgan fingerprint density at radius 3 is 2.72 bits per heavy atom. The molecule has 4 heterocycles. The van der Waals surface area contributed by atoms with E-state index in [0.717, 1.165) is 50.8 Å². The molecule has 0 aromatic heterocycles. The topological polar surface area (TPSA) is 91.0 Å². The van der Waals surface area contributed by atoms with Crippen LogP contribution in [-0.2, 0) is 19.1 Å². The molecule has 8 atom stereocenters. The van der Waals surface area contributed by atoms with Gasteiger partial charge in [0, 0.05) is 24.3 Å². The van der Waals surface area contributed by atoms with Gasteiger partial charge < -0.3 is 20.3 Å². The molecule has 1 spiro atoms. The van der Waals surface area contributed by atoms with Crippen LogP contribution in [-0.4, -0.2) is 77.0 Å². The number of nitrogens with one attached hydrogen (secondary N) is 2. The van der Waals surface area contributed by atoms with E-state index in [1.165, 1.54) is 6.42 Å². The molecule has 0 radical (unpaired) electrons. The molecule has 210 valence electrons. The number of benzene rings is 1. The molecule has 1 aromatic carbocycles. The molecule has 4 aliphatic heterocycles. The SMILES string of the molecule is CCN1CCC[C@@H]1CN1C(=O)[C@H]2[C@H](C(=O)Nc3cccc(C)c3)[C@H]3C=C[C@@]2(O3)[C@@H]1C(=O)N[C@H]1CCCC[C@H]1C. The molecule has 39 heavy (non-hydrogen) atoms. The predicted molar refractivity (Wildman–Crippen MR) is 149 cm³/mol. The van der Waals surface area contributed by atoms with Gasteiger partial charge in [0.15, 0.2) is 0 Å². The zero-order valence-corrected chi connectivity index (χ0v) is 23.4. The number of carbonyl (C=O) groups is 3. The first-order chi connectivity index (χ1) is 18.8. The van der Waals surface area contributed by atoms with E-state index in [-0.39, 0.29) is 29.8 Å². The van der Waals surface area contributed by atoms with Crippen molar-refractivity contribution in [2.75, 3.05) is 25.0 Å². The third kappa shape index (κ3) is 4.49. The number of nitrogens with zero attached hydrogens (tertiary/aromatic N) is 2. The number of hydrogen-bond acceptors (Lipinski definition) is 5. The fraction of sp³-hybridized carbons (Fsp3) is 0.645. The molecule has 1 saturated carbocycles. The molecule has 3 amide bonds. The fourth-order valence-electron chi connectivity index (χ4n) is 7.95. The second-order valence-electron chi connectivity index (χ2n) is 12.4. The smallest absolute Gasteiger partial charge is 0.246 e. The van der Waals surface area contributed by atoms with E-state index in [2.05, 4.69) is 29.4 Å². The quantitative estimate of drug-likeness (QED) is 0.524. The van der Waals surface area contributed by atoms with Gasteiger partial charge in [0.05, 0.1) is 17.9 Å². The van der Waals surface area contributed by atoms with Gasteiger partial charge in [-0.1, -0.05) is 51.0 Å². The first-order valence-electron chi connectivity index (χ1n) is 14.9. The Hall–Kier alpha value is -2.71. The third-order valence-corrected chi connectivity index (χ3v) is 9.96. The first-order valence-corrected chi connectivity index (χ1v) is 14.9. The van der Waals surface area contributed by atoms with E-state index in [1.54, 1.807) is 4.90 Å². The van der Waals surface area contributed by atoms with Crippen LogP contribution in [0.4, 0.5) is 5.69 Å². The Kier molecular flexibility index (Phi) is 7.04. The lowest BCUT2D eigenvalue weighted by Crippen LogP contribution is -2.58. The molecule has 2 bridgehead atoms. The van der Waals surface area contributed by atoms with Crippen molar-refractivity contribution < 1.29 is 19.1 Å². The van der Waals surface area contributed by atoms with Crippen LogP contribution >= 0.6 is 0 Å². The minimum atomic E-state index is -1.12. The molecule has 3 saturated heterocycles. The van der Waals surface area contributed by atoms with Gasteiger partial charge in [0.25, 0.3) is 0 Å². The van der Waals surface area contributed by atoms with Gasteiger partial charge in [0.2, 0.25) is 17.7 Å². The zero-order valence-electron chi connectivity index (χ0n) is 23.4. The highest BCUT2D eigenvalue weighted by molar-refractivity contribution is 6.02. The lowest BCUT2D eigenvalue weighted by molar-refractivity contribution is -0.142. The second kappa shape index (κ2) is 10.4. The summed E-state index contributed by atoms with van der Waals surface area (Å²) in [5, 5.41) is 6.36. The Balaban J connectivity index is 1.31. The van der Waals surface area contributed by atoms with Crippen LogP contribution in [0, 0.1) is 24.7 Å². The highest BCUT2D eigenvalue weighted by Crippen LogP contribution is 2.55. The van der Waals surface area contributed by atoms with Crippen molar-refractivity contribution in [1.82, 2.24) is 15.1 Å². The average molecular weight is 535 g/mol. The average Bonchev–Trinajstić information content (AvgIpc) is 3.66. The van der Waals surface area contributed by atoms with Gasteiger partial charge in [-0.2, -0.15) is 0 Å². The van der Waals surface area contributed by atoms with Crippen LogP contribution in [0.3, 0.4) is 0 Å². The minimum Gasteiger partial charge on any atom is -0.359 e. The molecule has 2 N–H and O–H groups in total. The van der Waals surface area contributed by atoms with Crippen LogP contribution < -0.4 is 10.6 Å². The van der Waals surface area contributed by atoms with Gasteiger partial charge in [-0.25, -0.2) is 0 Å². The summed E-state index contributed by atoms with van der Waals surface area (Å²) >= 11 is 0. The Labute approximate surface area is 231 Å². The molecule has 5 aliphatic rings. The number of rotatable bonds is 7. The summed E-state index contributed by atoms with van der Waals surface area (Å²) in [6, 6.07) is 7.18. The van der Waals surface area contributed by atoms with Crippen molar-refractivity contribution in [3.8, 4) is 0 Å². The Morgan fingerprint density at radius 2 is 1.95 bits per heavy atom. The van der Waals surface area contributed by atoms with Crippen molar-refractivity contribution >= 4 is 23.4 Å². The molecule has 8 nitrogen and oxygen atoms in total. The van der Waals surface area contributed by atoms with E-state index in [1.807, 2.05) is 43.3 Å². The van der Waals surface area contributed by atoms with Crippen molar-refractivity contribution in [3.63, 3.8) is 0 Å². The summed E-state index contributed by atoms with van der Waals surface area (Å²) in [6.07, 6.45) is 9.72. The molecule has 8 heteroatoms. The van der Waals surface area contributed by atoms with Crippen LogP contribution in [0.15, 0.2) is 36.4 Å². The van der Waals surface area contributed by atoms with Gasteiger partial charge >= 0.3 is 0 Å². The third-order valence-electron chi connectivity index (χ3n) is 9.96. The number of amides is 3. The van der Waals surface area contributed by atoms with Crippen molar-refractivity contribution in [2.24, 2.45) is 17.8 Å². The number of hydrogen-bond donors (Lipinski definition) is 2. The van der Waals surface area contributed by atoms with Crippen LogP contribution in [0.1, 0.15) is 57.9 Å².